The summed E-state index contributed by atoms with van der Waals surface area (Å²) in [7, 11) is 0. The summed E-state index contributed by atoms with van der Waals surface area (Å²) in [4.78, 5) is 46.6. The second-order valence-electron chi connectivity index (χ2n) is 8.00. The number of H-pyrrole nitrogens is 1. The quantitative estimate of drug-likeness (QED) is 0.451. The molecule has 0 spiro atoms. The van der Waals surface area contributed by atoms with Gasteiger partial charge in [0.25, 0.3) is 5.91 Å². The maximum Gasteiger partial charge on any atom is 0.342 e. The highest BCUT2D eigenvalue weighted by Gasteiger charge is 2.25. The normalized spacial score (nSPS) is 13.5. The fourth-order valence-corrected chi connectivity index (χ4v) is 3.79. The van der Waals surface area contributed by atoms with Crippen LogP contribution in [0.15, 0.2) is 42.9 Å². The van der Waals surface area contributed by atoms with Crippen molar-refractivity contribution in [1.29, 1.82) is 0 Å². The maximum absolute atomic E-state index is 12.7. The molecule has 32 heavy (non-hydrogen) atoms. The third-order valence-corrected chi connectivity index (χ3v) is 5.40. The molecule has 3 aromatic rings. The molecule has 1 saturated heterocycles. The molecule has 9 nitrogen and oxygen atoms in total. The highest BCUT2D eigenvalue weighted by Crippen LogP contribution is 2.23. The number of ketones is 1. The monoisotopic (exact) mass is 435 g/mol. The Hall–Kier alpha value is -3.75. The van der Waals surface area contributed by atoms with Crippen LogP contribution in [0.4, 0.5) is 0 Å². The SMILES string of the molecule is CC(C)c1c(C(=O)OCC(=O)c2c[nH]c(C(=O)N3CCCC3)c2)cnn1-c1ccccn1. The predicted molar refractivity (Wildman–Crippen MR) is 116 cm³/mol. The molecular weight excluding hydrogens is 410 g/mol. The van der Waals surface area contributed by atoms with Gasteiger partial charge >= 0.3 is 5.97 Å². The summed E-state index contributed by atoms with van der Waals surface area (Å²) in [6.07, 6.45) is 6.53. The predicted octanol–water partition coefficient (Wildman–Crippen LogP) is 2.99. The molecule has 0 aromatic carbocycles. The molecule has 1 amide bonds. The molecule has 9 heteroatoms. The standard InChI is InChI=1S/C23H25N5O4/c1-15(2)21-17(13-26-28(21)20-7-3-4-8-24-20)23(31)32-14-19(29)16-11-18(25-12-16)22(30)27-9-5-6-10-27/h3-4,7-8,11-13,15,25H,5-6,9-10,14H2,1-2H3. The van der Waals surface area contributed by atoms with E-state index in [1.165, 1.54) is 18.5 Å². The van der Waals surface area contributed by atoms with Crippen molar-refractivity contribution >= 4 is 17.7 Å². The van der Waals surface area contributed by atoms with E-state index in [-0.39, 0.29) is 17.4 Å². The zero-order chi connectivity index (χ0) is 22.7. The Morgan fingerprint density at radius 2 is 1.97 bits per heavy atom. The van der Waals surface area contributed by atoms with Crippen molar-refractivity contribution < 1.29 is 19.1 Å². The Morgan fingerprint density at radius 3 is 2.66 bits per heavy atom. The van der Waals surface area contributed by atoms with Gasteiger partial charge in [-0.3, -0.25) is 9.59 Å². The van der Waals surface area contributed by atoms with Crippen LogP contribution < -0.4 is 0 Å². The lowest BCUT2D eigenvalue weighted by atomic mass is 10.1. The fraction of sp³-hybridized carbons (Fsp3) is 0.348. The number of Topliss-reactive ketones (excluding diaryl/α,β-unsaturated/α-hetero) is 1. The van der Waals surface area contributed by atoms with E-state index < -0.39 is 18.4 Å². The average Bonchev–Trinajstić information content (AvgIpc) is 3.57. The van der Waals surface area contributed by atoms with E-state index in [1.54, 1.807) is 27.9 Å². The molecule has 4 heterocycles. The molecule has 1 fully saturated rings. The number of ether oxygens (including phenoxy) is 1. The number of carbonyl (C=O) groups is 3. The number of nitrogens with one attached hydrogen (secondary N) is 1. The van der Waals surface area contributed by atoms with Crippen LogP contribution in [0, 0.1) is 0 Å². The number of likely N-dealkylation sites (tertiary alicyclic amines) is 1. The van der Waals surface area contributed by atoms with Crippen LogP contribution in [0.3, 0.4) is 0 Å². The van der Waals surface area contributed by atoms with E-state index in [9.17, 15) is 14.4 Å². The Bertz CT molecular complexity index is 1130. The van der Waals surface area contributed by atoms with Gasteiger partial charge in [-0.15, -0.1) is 0 Å². The van der Waals surface area contributed by atoms with Crippen LogP contribution in [0.25, 0.3) is 5.82 Å². The van der Waals surface area contributed by atoms with E-state index in [2.05, 4.69) is 15.1 Å². The maximum atomic E-state index is 12.7. The number of aromatic amines is 1. The minimum atomic E-state index is -0.631. The Labute approximate surface area is 185 Å². The van der Waals surface area contributed by atoms with Gasteiger partial charge < -0.3 is 14.6 Å². The van der Waals surface area contributed by atoms with Gasteiger partial charge in [0.1, 0.15) is 11.3 Å². The van der Waals surface area contributed by atoms with Crippen molar-refractivity contribution in [1.82, 2.24) is 24.6 Å². The highest BCUT2D eigenvalue weighted by molar-refractivity contribution is 6.02. The van der Waals surface area contributed by atoms with Crippen molar-refractivity contribution in [3.63, 3.8) is 0 Å². The van der Waals surface area contributed by atoms with E-state index in [4.69, 9.17) is 4.74 Å². The Balaban J connectivity index is 1.43. The van der Waals surface area contributed by atoms with Crippen LogP contribution in [0.1, 0.15) is 69.5 Å². The van der Waals surface area contributed by atoms with Crippen molar-refractivity contribution in [2.45, 2.75) is 32.6 Å². The molecule has 0 atom stereocenters. The number of rotatable bonds is 7. The number of amides is 1. The average molecular weight is 435 g/mol. The lowest BCUT2D eigenvalue weighted by Gasteiger charge is -2.13. The van der Waals surface area contributed by atoms with E-state index >= 15 is 0 Å². The molecule has 0 unspecified atom stereocenters. The second kappa shape index (κ2) is 9.17. The molecule has 1 N–H and O–H groups in total. The lowest BCUT2D eigenvalue weighted by molar-refractivity contribution is 0.0473. The summed E-state index contributed by atoms with van der Waals surface area (Å²) in [6, 6.07) is 6.94. The van der Waals surface area contributed by atoms with Gasteiger partial charge in [0.15, 0.2) is 12.4 Å². The minimum Gasteiger partial charge on any atom is -0.454 e. The van der Waals surface area contributed by atoms with Crippen LogP contribution >= 0.6 is 0 Å². The molecule has 3 aromatic heterocycles. The third kappa shape index (κ3) is 4.32. The van der Waals surface area contributed by atoms with Crippen molar-refractivity contribution in [2.75, 3.05) is 19.7 Å². The fourth-order valence-electron chi connectivity index (χ4n) is 3.79. The molecule has 166 valence electrons. The molecule has 0 radical (unpaired) electrons. The number of hydrogen-bond donors (Lipinski definition) is 1. The minimum absolute atomic E-state index is 0.0263. The molecule has 0 aliphatic carbocycles. The van der Waals surface area contributed by atoms with E-state index in [0.717, 1.165) is 25.9 Å². The summed E-state index contributed by atoms with van der Waals surface area (Å²) in [6.45, 7) is 4.90. The first-order valence-electron chi connectivity index (χ1n) is 10.6. The summed E-state index contributed by atoms with van der Waals surface area (Å²) in [5.41, 5.74) is 1.60. The molecular formula is C23H25N5O4. The van der Waals surface area contributed by atoms with Gasteiger partial charge in [-0.1, -0.05) is 19.9 Å². The van der Waals surface area contributed by atoms with Gasteiger partial charge in [-0.2, -0.15) is 5.10 Å². The summed E-state index contributed by atoms with van der Waals surface area (Å²) in [5, 5.41) is 4.30. The Kier molecular flexibility index (Phi) is 6.16. The first-order valence-corrected chi connectivity index (χ1v) is 10.6. The molecule has 4 rings (SSSR count). The molecule has 1 aliphatic rings. The number of esters is 1. The van der Waals surface area contributed by atoms with Crippen molar-refractivity contribution in [2.24, 2.45) is 0 Å². The number of pyridine rings is 1. The van der Waals surface area contributed by atoms with Crippen molar-refractivity contribution in [3.05, 3.63) is 65.4 Å². The number of carbonyl (C=O) groups excluding carboxylic acids is 3. The zero-order valence-electron chi connectivity index (χ0n) is 18.1. The van der Waals surface area contributed by atoms with E-state index in [1.807, 2.05) is 19.9 Å². The largest absolute Gasteiger partial charge is 0.454 e. The molecule has 1 aliphatic heterocycles. The van der Waals surface area contributed by atoms with Crippen LogP contribution in [0.5, 0.6) is 0 Å². The van der Waals surface area contributed by atoms with Gasteiger partial charge in [0, 0.05) is 31.0 Å². The first-order chi connectivity index (χ1) is 15.5. The highest BCUT2D eigenvalue weighted by atomic mass is 16.5. The van der Waals surface area contributed by atoms with Gasteiger partial charge in [-0.25, -0.2) is 14.5 Å². The van der Waals surface area contributed by atoms with Crippen LogP contribution in [-0.4, -0.2) is 62.0 Å². The Morgan fingerprint density at radius 1 is 1.19 bits per heavy atom. The number of aromatic nitrogens is 4. The summed E-state index contributed by atoms with van der Waals surface area (Å²) in [5.74, 6) is -0.580. The van der Waals surface area contributed by atoms with Crippen LogP contribution in [0.2, 0.25) is 0 Å². The summed E-state index contributed by atoms with van der Waals surface area (Å²) < 4.78 is 6.89. The number of hydrogen-bond acceptors (Lipinski definition) is 6. The van der Waals surface area contributed by atoms with E-state index in [0.29, 0.717) is 22.8 Å². The van der Waals surface area contributed by atoms with Gasteiger partial charge in [-0.05, 0) is 37.0 Å². The lowest BCUT2D eigenvalue weighted by Crippen LogP contribution is -2.27. The molecule has 0 saturated carbocycles. The van der Waals surface area contributed by atoms with Gasteiger partial charge in [0.05, 0.1) is 11.9 Å². The third-order valence-electron chi connectivity index (χ3n) is 5.40. The smallest absolute Gasteiger partial charge is 0.342 e. The first kappa shape index (κ1) is 21.5. The molecule has 0 bridgehead atoms. The zero-order valence-corrected chi connectivity index (χ0v) is 18.1. The summed E-state index contributed by atoms with van der Waals surface area (Å²) >= 11 is 0. The van der Waals surface area contributed by atoms with Crippen molar-refractivity contribution in [3.8, 4) is 5.82 Å². The topological polar surface area (TPSA) is 110 Å². The second-order valence-corrected chi connectivity index (χ2v) is 8.00. The van der Waals surface area contributed by atoms with Gasteiger partial charge in [0.2, 0.25) is 5.78 Å². The number of nitrogens with zero attached hydrogens (tertiary/aromatic N) is 4. The van der Waals surface area contributed by atoms with Crippen LogP contribution in [-0.2, 0) is 4.74 Å².